The predicted octanol–water partition coefficient (Wildman–Crippen LogP) is 1.35. The molecule has 0 heterocycles. The summed E-state index contributed by atoms with van der Waals surface area (Å²) in [6.45, 7) is 5.29. The average Bonchev–Trinajstić information content (AvgIpc) is 2.11. The van der Waals surface area contributed by atoms with E-state index in [9.17, 15) is 9.59 Å². The van der Waals surface area contributed by atoms with Crippen LogP contribution in [0.3, 0.4) is 0 Å². The Bertz CT molecular complexity index is 194. The number of carbonyl (C=O) groups excluding carboxylic acids is 2. The quantitative estimate of drug-likeness (QED) is 0.689. The zero-order valence-corrected chi connectivity index (χ0v) is 9.02. The number of hydrogen-bond acceptors (Lipinski definition) is 2. The van der Waals surface area contributed by atoms with Crippen molar-refractivity contribution in [3.8, 4) is 0 Å². The SMILES string of the molecule is CCC(C)C(NC(C)=O)C(=O)CCl. The van der Waals surface area contributed by atoms with Gasteiger partial charge in [0.05, 0.1) is 11.9 Å². The van der Waals surface area contributed by atoms with E-state index in [1.54, 1.807) is 0 Å². The van der Waals surface area contributed by atoms with E-state index in [4.69, 9.17) is 11.6 Å². The second-order valence-corrected chi connectivity index (χ2v) is 3.43. The lowest BCUT2D eigenvalue weighted by atomic mass is 9.96. The smallest absolute Gasteiger partial charge is 0.217 e. The summed E-state index contributed by atoms with van der Waals surface area (Å²) in [5.41, 5.74) is 0. The summed E-state index contributed by atoms with van der Waals surface area (Å²) < 4.78 is 0. The topological polar surface area (TPSA) is 46.2 Å². The molecule has 0 saturated heterocycles. The van der Waals surface area contributed by atoms with Crippen molar-refractivity contribution >= 4 is 23.3 Å². The molecule has 0 radical (unpaired) electrons. The van der Waals surface area contributed by atoms with E-state index in [1.807, 2.05) is 13.8 Å². The van der Waals surface area contributed by atoms with E-state index >= 15 is 0 Å². The number of rotatable bonds is 5. The molecule has 2 atom stereocenters. The highest BCUT2D eigenvalue weighted by Gasteiger charge is 2.23. The second-order valence-electron chi connectivity index (χ2n) is 3.16. The molecule has 0 aliphatic carbocycles. The highest BCUT2D eigenvalue weighted by molar-refractivity contribution is 6.28. The lowest BCUT2D eigenvalue weighted by Crippen LogP contribution is -2.44. The molecule has 3 nitrogen and oxygen atoms in total. The van der Waals surface area contributed by atoms with Crippen LogP contribution in [-0.4, -0.2) is 23.6 Å². The van der Waals surface area contributed by atoms with Crippen LogP contribution in [-0.2, 0) is 9.59 Å². The Morgan fingerprint density at radius 3 is 2.31 bits per heavy atom. The highest BCUT2D eigenvalue weighted by atomic mass is 35.5. The summed E-state index contributed by atoms with van der Waals surface area (Å²) in [7, 11) is 0. The largest absolute Gasteiger partial charge is 0.346 e. The van der Waals surface area contributed by atoms with Gasteiger partial charge in [0, 0.05) is 6.92 Å². The van der Waals surface area contributed by atoms with E-state index < -0.39 is 6.04 Å². The molecule has 0 spiro atoms. The van der Waals surface area contributed by atoms with Gasteiger partial charge in [0.15, 0.2) is 5.78 Å². The molecule has 0 aromatic heterocycles. The Labute approximate surface area is 83.8 Å². The van der Waals surface area contributed by atoms with Crippen LogP contribution in [0.5, 0.6) is 0 Å². The third-order valence-corrected chi connectivity index (χ3v) is 2.31. The van der Waals surface area contributed by atoms with Crippen LogP contribution >= 0.6 is 11.6 Å². The van der Waals surface area contributed by atoms with Crippen molar-refractivity contribution in [3.63, 3.8) is 0 Å². The van der Waals surface area contributed by atoms with Crippen LogP contribution in [0.25, 0.3) is 0 Å². The molecule has 0 saturated carbocycles. The van der Waals surface area contributed by atoms with Gasteiger partial charge < -0.3 is 5.32 Å². The van der Waals surface area contributed by atoms with Crippen LogP contribution in [0.4, 0.5) is 0 Å². The molecule has 4 heteroatoms. The van der Waals surface area contributed by atoms with Crippen LogP contribution < -0.4 is 5.32 Å². The fourth-order valence-corrected chi connectivity index (χ4v) is 1.24. The van der Waals surface area contributed by atoms with Crippen molar-refractivity contribution in [2.24, 2.45) is 5.92 Å². The lowest BCUT2D eigenvalue weighted by Gasteiger charge is -2.21. The van der Waals surface area contributed by atoms with Gasteiger partial charge in [-0.1, -0.05) is 20.3 Å². The number of alkyl halides is 1. The molecule has 0 rings (SSSR count). The molecule has 76 valence electrons. The summed E-state index contributed by atoms with van der Waals surface area (Å²) in [5, 5.41) is 2.61. The third kappa shape index (κ3) is 4.27. The molecular weight excluding hydrogens is 190 g/mol. The summed E-state index contributed by atoms with van der Waals surface area (Å²) in [6, 6.07) is -0.431. The number of ketones is 1. The molecule has 0 aromatic carbocycles. The Balaban J connectivity index is 4.35. The minimum atomic E-state index is -0.431. The zero-order chi connectivity index (χ0) is 10.4. The number of amides is 1. The third-order valence-electron chi connectivity index (χ3n) is 2.05. The molecule has 13 heavy (non-hydrogen) atoms. The first kappa shape index (κ1) is 12.4. The van der Waals surface area contributed by atoms with Crippen molar-refractivity contribution in [2.75, 3.05) is 5.88 Å². The van der Waals surface area contributed by atoms with E-state index in [1.165, 1.54) is 6.92 Å². The fourth-order valence-electron chi connectivity index (χ4n) is 1.08. The van der Waals surface area contributed by atoms with Gasteiger partial charge >= 0.3 is 0 Å². The van der Waals surface area contributed by atoms with Crippen LogP contribution in [0.1, 0.15) is 27.2 Å². The molecule has 2 unspecified atom stereocenters. The zero-order valence-electron chi connectivity index (χ0n) is 8.26. The molecule has 0 aliphatic rings. The summed E-state index contributed by atoms with van der Waals surface area (Å²) >= 11 is 5.43. The van der Waals surface area contributed by atoms with Crippen LogP contribution in [0, 0.1) is 5.92 Å². The molecule has 0 fully saturated rings. The van der Waals surface area contributed by atoms with E-state index in [-0.39, 0.29) is 23.5 Å². The van der Waals surface area contributed by atoms with Gasteiger partial charge in [-0.25, -0.2) is 0 Å². The first-order valence-electron chi connectivity index (χ1n) is 4.38. The number of nitrogens with one attached hydrogen (secondary N) is 1. The van der Waals surface area contributed by atoms with Crippen molar-refractivity contribution in [3.05, 3.63) is 0 Å². The van der Waals surface area contributed by atoms with Crippen LogP contribution in [0.2, 0.25) is 0 Å². The molecule has 0 aromatic rings. The molecule has 0 bridgehead atoms. The predicted molar refractivity (Wildman–Crippen MR) is 52.8 cm³/mol. The van der Waals surface area contributed by atoms with Gasteiger partial charge in [-0.05, 0) is 5.92 Å². The van der Waals surface area contributed by atoms with Crippen molar-refractivity contribution in [2.45, 2.75) is 33.2 Å². The maximum atomic E-state index is 11.3. The first-order chi connectivity index (χ1) is 6.02. The van der Waals surface area contributed by atoms with Crippen molar-refractivity contribution in [1.29, 1.82) is 0 Å². The maximum absolute atomic E-state index is 11.3. The molecule has 1 amide bonds. The van der Waals surface area contributed by atoms with Gasteiger partial charge in [0.2, 0.25) is 5.91 Å². The van der Waals surface area contributed by atoms with Gasteiger partial charge in [0.1, 0.15) is 0 Å². The number of hydrogen-bond donors (Lipinski definition) is 1. The number of halogens is 1. The average molecular weight is 206 g/mol. The monoisotopic (exact) mass is 205 g/mol. The van der Waals surface area contributed by atoms with Crippen molar-refractivity contribution in [1.82, 2.24) is 5.32 Å². The first-order valence-corrected chi connectivity index (χ1v) is 4.92. The molecular formula is C9H16ClNO2. The minimum absolute atomic E-state index is 0.0463. The summed E-state index contributed by atoms with van der Waals surface area (Å²) in [5.74, 6) is -0.222. The van der Waals surface area contributed by atoms with E-state index in [0.717, 1.165) is 6.42 Å². The van der Waals surface area contributed by atoms with Gasteiger partial charge in [-0.2, -0.15) is 0 Å². The maximum Gasteiger partial charge on any atom is 0.217 e. The fraction of sp³-hybridized carbons (Fsp3) is 0.778. The Hall–Kier alpha value is -0.570. The summed E-state index contributed by atoms with van der Waals surface area (Å²) in [4.78, 5) is 22.1. The van der Waals surface area contributed by atoms with Crippen LogP contribution in [0.15, 0.2) is 0 Å². The lowest BCUT2D eigenvalue weighted by molar-refractivity contribution is -0.126. The van der Waals surface area contributed by atoms with Crippen molar-refractivity contribution < 1.29 is 9.59 Å². The Morgan fingerprint density at radius 1 is 1.46 bits per heavy atom. The highest BCUT2D eigenvalue weighted by Crippen LogP contribution is 2.09. The standard InChI is InChI=1S/C9H16ClNO2/c1-4-6(2)9(8(13)5-10)11-7(3)12/h6,9H,4-5H2,1-3H3,(H,11,12). The molecule has 1 N–H and O–H groups in total. The molecule has 0 aliphatic heterocycles. The number of Topliss-reactive ketones (excluding diaryl/α,β-unsaturated/α-hetero) is 1. The summed E-state index contributed by atoms with van der Waals surface area (Å²) in [6.07, 6.45) is 0.841. The normalized spacial score (nSPS) is 14.8. The van der Waals surface area contributed by atoms with Gasteiger partial charge in [-0.15, -0.1) is 11.6 Å². The second kappa shape index (κ2) is 5.97. The van der Waals surface area contributed by atoms with E-state index in [0.29, 0.717) is 0 Å². The Kier molecular flexibility index (Phi) is 5.71. The van der Waals surface area contributed by atoms with E-state index in [2.05, 4.69) is 5.32 Å². The van der Waals surface area contributed by atoms with Gasteiger partial charge in [-0.3, -0.25) is 9.59 Å². The van der Waals surface area contributed by atoms with Gasteiger partial charge in [0.25, 0.3) is 0 Å². The number of carbonyl (C=O) groups is 2. The Morgan fingerprint density at radius 2 is 2.00 bits per heavy atom. The minimum Gasteiger partial charge on any atom is -0.346 e.